The molecule has 1 aliphatic heterocycles. The van der Waals surface area contributed by atoms with Crippen molar-refractivity contribution >= 4 is 5.96 Å². The van der Waals surface area contributed by atoms with E-state index in [0.29, 0.717) is 5.96 Å². The summed E-state index contributed by atoms with van der Waals surface area (Å²) in [5.41, 5.74) is 5.91. The number of rotatable bonds is 1. The largest absolute Gasteiger partial charge is 0.370 e. The van der Waals surface area contributed by atoms with Crippen molar-refractivity contribution < 1.29 is 0 Å². The average Bonchev–Trinajstić information content (AvgIpc) is 2.62. The average molecular weight is 207 g/mol. The number of hydrogen-bond donors (Lipinski definition) is 1. The molecule has 0 bridgehead atoms. The lowest BCUT2D eigenvalue weighted by molar-refractivity contribution is 0.325. The maximum absolute atomic E-state index is 5.91. The first-order valence-corrected chi connectivity index (χ1v) is 5.25. The molecule has 5 heteroatoms. The van der Waals surface area contributed by atoms with E-state index < -0.39 is 0 Å². The highest BCUT2D eigenvalue weighted by Crippen LogP contribution is 2.09. The number of guanidine groups is 1. The molecule has 15 heavy (non-hydrogen) atoms. The van der Waals surface area contributed by atoms with Crippen molar-refractivity contribution in [3.8, 4) is 0 Å². The predicted octanol–water partition coefficient (Wildman–Crippen LogP) is 0.422. The van der Waals surface area contributed by atoms with Gasteiger partial charge in [-0.25, -0.2) is 4.98 Å². The quantitative estimate of drug-likeness (QED) is 0.536. The molecule has 0 atom stereocenters. The zero-order valence-corrected chi connectivity index (χ0v) is 9.22. The number of hydrogen-bond acceptors (Lipinski definition) is 2. The summed E-state index contributed by atoms with van der Waals surface area (Å²) < 4.78 is 2.15. The van der Waals surface area contributed by atoms with E-state index in [1.54, 1.807) is 0 Å². The third-order valence-electron chi connectivity index (χ3n) is 2.46. The monoisotopic (exact) mass is 207 g/mol. The summed E-state index contributed by atoms with van der Waals surface area (Å²) in [7, 11) is 0. The molecular formula is C10H17N5. The van der Waals surface area contributed by atoms with Gasteiger partial charge in [-0.05, 0) is 13.8 Å². The minimum absolute atomic E-state index is 0.242. The van der Waals surface area contributed by atoms with E-state index in [2.05, 4.69) is 19.4 Å². The van der Waals surface area contributed by atoms with Crippen LogP contribution in [0.15, 0.2) is 17.4 Å². The van der Waals surface area contributed by atoms with Crippen LogP contribution in [0, 0.1) is 0 Å². The van der Waals surface area contributed by atoms with Gasteiger partial charge in [0.25, 0.3) is 0 Å². The first-order valence-electron chi connectivity index (χ1n) is 5.25. The fourth-order valence-electron chi connectivity index (χ4n) is 1.72. The second kappa shape index (κ2) is 3.92. The van der Waals surface area contributed by atoms with Crippen LogP contribution in [-0.2, 0) is 13.1 Å². The molecule has 2 heterocycles. The summed E-state index contributed by atoms with van der Waals surface area (Å²) in [5.74, 6) is 1.68. The Morgan fingerprint density at radius 2 is 2.33 bits per heavy atom. The fourth-order valence-corrected chi connectivity index (χ4v) is 1.72. The van der Waals surface area contributed by atoms with E-state index in [4.69, 9.17) is 5.73 Å². The Kier molecular flexibility index (Phi) is 2.62. The zero-order valence-electron chi connectivity index (χ0n) is 9.22. The number of aliphatic imine (C=N–C) groups is 1. The first kappa shape index (κ1) is 10.0. The molecule has 0 radical (unpaired) electrons. The molecule has 0 amide bonds. The Hall–Kier alpha value is -1.52. The topological polar surface area (TPSA) is 59.4 Å². The van der Waals surface area contributed by atoms with Crippen molar-refractivity contribution in [2.45, 2.75) is 33.0 Å². The molecule has 82 valence electrons. The maximum Gasteiger partial charge on any atom is 0.191 e. The molecule has 1 aromatic heterocycles. The van der Waals surface area contributed by atoms with Crippen LogP contribution >= 0.6 is 0 Å². The van der Waals surface area contributed by atoms with Gasteiger partial charge in [0.15, 0.2) is 5.96 Å². The lowest BCUT2D eigenvalue weighted by atomic mass is 10.3. The van der Waals surface area contributed by atoms with Crippen LogP contribution in [0.5, 0.6) is 0 Å². The number of nitrogens with two attached hydrogens (primary N) is 1. The highest BCUT2D eigenvalue weighted by Gasteiger charge is 2.17. The molecule has 0 aromatic carbocycles. The van der Waals surface area contributed by atoms with E-state index in [1.807, 2.05) is 26.2 Å². The van der Waals surface area contributed by atoms with Gasteiger partial charge in [0.05, 0.1) is 6.54 Å². The molecule has 5 nitrogen and oxygen atoms in total. The van der Waals surface area contributed by atoms with Crippen molar-refractivity contribution in [3.63, 3.8) is 0 Å². The summed E-state index contributed by atoms with van der Waals surface area (Å²) in [6.07, 6.45) is 3.83. The summed E-state index contributed by atoms with van der Waals surface area (Å²) in [4.78, 5) is 10.7. The SMILES string of the molecule is CC(C)N=C(N)N1CCn2ccnc2C1. The predicted molar refractivity (Wildman–Crippen MR) is 59.4 cm³/mol. The maximum atomic E-state index is 5.91. The normalized spacial score (nSPS) is 17.0. The number of imidazole rings is 1. The van der Waals surface area contributed by atoms with Crippen molar-refractivity contribution in [3.05, 3.63) is 18.2 Å². The van der Waals surface area contributed by atoms with Gasteiger partial charge in [-0.2, -0.15) is 0 Å². The third-order valence-corrected chi connectivity index (χ3v) is 2.46. The van der Waals surface area contributed by atoms with E-state index in [9.17, 15) is 0 Å². The molecule has 0 fully saturated rings. The van der Waals surface area contributed by atoms with E-state index >= 15 is 0 Å². The summed E-state index contributed by atoms with van der Waals surface area (Å²) >= 11 is 0. The van der Waals surface area contributed by atoms with Crippen LogP contribution in [0.3, 0.4) is 0 Å². The molecule has 0 unspecified atom stereocenters. The standard InChI is InChI=1S/C10H17N5/c1-8(2)13-10(11)15-6-5-14-4-3-12-9(14)7-15/h3-4,8H,5-7H2,1-2H3,(H2,11,13). The van der Waals surface area contributed by atoms with E-state index in [0.717, 1.165) is 25.5 Å². The van der Waals surface area contributed by atoms with Gasteiger partial charge < -0.3 is 15.2 Å². The van der Waals surface area contributed by atoms with E-state index in [1.165, 1.54) is 0 Å². The Balaban J connectivity index is 2.10. The van der Waals surface area contributed by atoms with E-state index in [-0.39, 0.29) is 6.04 Å². The van der Waals surface area contributed by atoms with Gasteiger partial charge in [-0.15, -0.1) is 0 Å². The fraction of sp³-hybridized carbons (Fsp3) is 0.600. The van der Waals surface area contributed by atoms with Crippen LogP contribution in [-0.4, -0.2) is 33.0 Å². The molecular weight excluding hydrogens is 190 g/mol. The number of fused-ring (bicyclic) bond motifs is 1. The van der Waals surface area contributed by atoms with Crippen molar-refractivity contribution in [2.24, 2.45) is 10.7 Å². The van der Waals surface area contributed by atoms with Gasteiger partial charge >= 0.3 is 0 Å². The molecule has 2 N–H and O–H groups in total. The molecule has 1 aromatic rings. The Labute approximate surface area is 89.6 Å². The lowest BCUT2D eigenvalue weighted by Gasteiger charge is -2.28. The van der Waals surface area contributed by atoms with Crippen LogP contribution < -0.4 is 5.73 Å². The number of nitrogens with zero attached hydrogens (tertiary/aromatic N) is 4. The molecule has 0 saturated heterocycles. The summed E-state index contributed by atoms with van der Waals surface area (Å²) in [6, 6.07) is 0.242. The number of aromatic nitrogens is 2. The molecule has 0 saturated carbocycles. The van der Waals surface area contributed by atoms with Crippen LogP contribution in [0.2, 0.25) is 0 Å². The second-order valence-electron chi connectivity index (χ2n) is 4.04. The first-order chi connectivity index (χ1) is 7.16. The second-order valence-corrected chi connectivity index (χ2v) is 4.04. The van der Waals surface area contributed by atoms with Crippen LogP contribution in [0.4, 0.5) is 0 Å². The van der Waals surface area contributed by atoms with Gasteiger partial charge in [-0.3, -0.25) is 4.99 Å². The van der Waals surface area contributed by atoms with Crippen LogP contribution in [0.25, 0.3) is 0 Å². The third kappa shape index (κ3) is 2.11. The van der Waals surface area contributed by atoms with Gasteiger partial charge in [0.1, 0.15) is 5.82 Å². The summed E-state index contributed by atoms with van der Waals surface area (Å²) in [6.45, 7) is 6.65. The minimum Gasteiger partial charge on any atom is -0.370 e. The lowest BCUT2D eigenvalue weighted by Crippen LogP contribution is -2.43. The van der Waals surface area contributed by atoms with Crippen molar-refractivity contribution in [1.82, 2.24) is 14.5 Å². The smallest absolute Gasteiger partial charge is 0.191 e. The Morgan fingerprint density at radius 1 is 1.53 bits per heavy atom. The van der Waals surface area contributed by atoms with Crippen molar-refractivity contribution in [2.75, 3.05) is 6.54 Å². The Bertz CT molecular complexity index is 366. The van der Waals surface area contributed by atoms with Gasteiger partial charge in [0.2, 0.25) is 0 Å². The molecule has 1 aliphatic rings. The molecule has 0 aliphatic carbocycles. The highest BCUT2D eigenvalue weighted by molar-refractivity contribution is 5.78. The zero-order chi connectivity index (χ0) is 10.8. The molecule has 2 rings (SSSR count). The van der Waals surface area contributed by atoms with Gasteiger partial charge in [0, 0.05) is 31.5 Å². The van der Waals surface area contributed by atoms with Crippen LogP contribution in [0.1, 0.15) is 19.7 Å². The minimum atomic E-state index is 0.242. The highest BCUT2D eigenvalue weighted by atomic mass is 15.3. The van der Waals surface area contributed by atoms with Crippen molar-refractivity contribution in [1.29, 1.82) is 0 Å². The Morgan fingerprint density at radius 3 is 3.07 bits per heavy atom. The van der Waals surface area contributed by atoms with Gasteiger partial charge in [-0.1, -0.05) is 0 Å². The summed E-state index contributed by atoms with van der Waals surface area (Å²) in [5, 5.41) is 0. The molecule has 0 spiro atoms.